The van der Waals surface area contributed by atoms with E-state index in [2.05, 4.69) is 4.98 Å². The number of hydrogen-bond acceptors (Lipinski definition) is 3. The van der Waals surface area contributed by atoms with E-state index < -0.39 is 0 Å². The lowest BCUT2D eigenvalue weighted by Gasteiger charge is -2.19. The van der Waals surface area contributed by atoms with Gasteiger partial charge < -0.3 is 9.84 Å². The molecule has 0 saturated carbocycles. The average Bonchev–Trinajstić information content (AvgIpc) is 2.25. The van der Waals surface area contributed by atoms with Crippen LogP contribution in [0.5, 0.6) is 11.5 Å². The van der Waals surface area contributed by atoms with Gasteiger partial charge in [0, 0.05) is 10.8 Å². The van der Waals surface area contributed by atoms with E-state index in [1.165, 1.54) is 0 Å². The van der Waals surface area contributed by atoms with E-state index in [1.54, 1.807) is 13.2 Å². The van der Waals surface area contributed by atoms with Gasteiger partial charge in [0.05, 0.1) is 18.3 Å². The van der Waals surface area contributed by atoms with Crippen LogP contribution in [0.4, 0.5) is 0 Å². The van der Waals surface area contributed by atoms with Crippen molar-refractivity contribution in [3.05, 3.63) is 30.0 Å². The molecule has 0 aliphatic heterocycles. The molecule has 2 rings (SSSR count). The number of rotatable bonds is 1. The van der Waals surface area contributed by atoms with Crippen molar-refractivity contribution < 1.29 is 9.84 Å². The Morgan fingerprint density at radius 3 is 2.47 bits per heavy atom. The van der Waals surface area contributed by atoms with Crippen molar-refractivity contribution in [1.82, 2.24) is 4.98 Å². The summed E-state index contributed by atoms with van der Waals surface area (Å²) in [5.74, 6) is 1.00. The fourth-order valence-electron chi connectivity index (χ4n) is 1.82. The number of ether oxygens (including phenoxy) is 1. The maximum Gasteiger partial charge on any atom is 0.138 e. The minimum absolute atomic E-state index is 0.168. The maximum absolute atomic E-state index is 10.0. The highest BCUT2D eigenvalue weighted by atomic mass is 16.5. The summed E-state index contributed by atoms with van der Waals surface area (Å²) in [6.45, 7) is 6.10. The Hall–Kier alpha value is -1.77. The molecule has 3 nitrogen and oxygen atoms in total. The number of fused-ring (bicyclic) bond motifs is 1. The number of pyridine rings is 1. The summed E-state index contributed by atoms with van der Waals surface area (Å²) in [7, 11) is 1.62. The molecule has 3 heteroatoms. The third kappa shape index (κ3) is 2.18. The van der Waals surface area contributed by atoms with E-state index in [1.807, 2.05) is 39.0 Å². The minimum Gasteiger partial charge on any atom is -0.506 e. The second-order valence-electron chi connectivity index (χ2n) is 5.16. The van der Waals surface area contributed by atoms with Crippen molar-refractivity contribution >= 4 is 10.9 Å². The Bertz CT molecular complexity index is 556. The van der Waals surface area contributed by atoms with E-state index in [-0.39, 0.29) is 11.2 Å². The molecule has 0 fully saturated rings. The Labute approximate surface area is 101 Å². The van der Waals surface area contributed by atoms with Crippen LogP contribution in [0, 0.1) is 0 Å². The topological polar surface area (TPSA) is 42.4 Å². The molecule has 1 aromatic heterocycles. The van der Waals surface area contributed by atoms with Crippen molar-refractivity contribution in [2.24, 2.45) is 0 Å². The molecule has 1 N–H and O–H groups in total. The molecular formula is C14H17NO2. The van der Waals surface area contributed by atoms with Gasteiger partial charge >= 0.3 is 0 Å². The van der Waals surface area contributed by atoms with Crippen LogP contribution in [-0.2, 0) is 5.41 Å². The zero-order valence-electron chi connectivity index (χ0n) is 10.6. The van der Waals surface area contributed by atoms with Crippen molar-refractivity contribution in [3.63, 3.8) is 0 Å². The summed E-state index contributed by atoms with van der Waals surface area (Å²) in [6, 6.07) is 7.39. The van der Waals surface area contributed by atoms with Crippen LogP contribution in [-0.4, -0.2) is 17.2 Å². The normalized spacial score (nSPS) is 11.8. The van der Waals surface area contributed by atoms with Gasteiger partial charge in [0.15, 0.2) is 0 Å². The quantitative estimate of drug-likeness (QED) is 0.819. The highest BCUT2D eigenvalue weighted by molar-refractivity contribution is 5.82. The minimum atomic E-state index is -0.168. The molecule has 0 atom stereocenters. The Balaban J connectivity index is 2.66. The van der Waals surface area contributed by atoms with E-state index in [0.717, 1.165) is 22.3 Å². The molecule has 0 aliphatic rings. The highest BCUT2D eigenvalue weighted by Crippen LogP contribution is 2.32. The van der Waals surface area contributed by atoms with Gasteiger partial charge in [-0.1, -0.05) is 20.8 Å². The van der Waals surface area contributed by atoms with Gasteiger partial charge in [0.25, 0.3) is 0 Å². The fraction of sp³-hybridized carbons (Fsp3) is 0.357. The molecule has 90 valence electrons. The molecule has 0 saturated heterocycles. The van der Waals surface area contributed by atoms with Gasteiger partial charge in [-0.05, 0) is 24.3 Å². The summed E-state index contributed by atoms with van der Waals surface area (Å²) in [5.41, 5.74) is 1.42. The van der Waals surface area contributed by atoms with Crippen molar-refractivity contribution in [3.8, 4) is 11.5 Å². The largest absolute Gasteiger partial charge is 0.506 e. The number of nitrogens with zero attached hydrogens (tertiary/aromatic N) is 1. The number of methoxy groups -OCH3 is 1. The van der Waals surface area contributed by atoms with Crippen molar-refractivity contribution in [1.29, 1.82) is 0 Å². The SMILES string of the molecule is COc1ccc2nc(C(C)(C)C)c(O)cc2c1. The maximum atomic E-state index is 10.0. The average molecular weight is 231 g/mol. The summed E-state index contributed by atoms with van der Waals surface area (Å²) < 4.78 is 5.15. The summed E-state index contributed by atoms with van der Waals surface area (Å²) >= 11 is 0. The van der Waals surface area contributed by atoms with Crippen molar-refractivity contribution in [2.75, 3.05) is 7.11 Å². The molecular weight excluding hydrogens is 214 g/mol. The van der Waals surface area contributed by atoms with E-state index in [4.69, 9.17) is 4.74 Å². The molecule has 0 spiro atoms. The van der Waals surface area contributed by atoms with Crippen LogP contribution in [0.3, 0.4) is 0 Å². The zero-order valence-corrected chi connectivity index (χ0v) is 10.6. The first-order chi connectivity index (χ1) is 7.91. The van der Waals surface area contributed by atoms with Gasteiger partial charge in [-0.3, -0.25) is 0 Å². The van der Waals surface area contributed by atoms with Crippen LogP contribution < -0.4 is 4.74 Å². The molecule has 1 heterocycles. The van der Waals surface area contributed by atoms with Gasteiger partial charge in [-0.25, -0.2) is 4.98 Å². The highest BCUT2D eigenvalue weighted by Gasteiger charge is 2.20. The van der Waals surface area contributed by atoms with Gasteiger partial charge in [-0.2, -0.15) is 0 Å². The first-order valence-electron chi connectivity index (χ1n) is 5.60. The second kappa shape index (κ2) is 3.91. The Morgan fingerprint density at radius 2 is 1.88 bits per heavy atom. The third-order valence-electron chi connectivity index (χ3n) is 2.71. The monoisotopic (exact) mass is 231 g/mol. The second-order valence-corrected chi connectivity index (χ2v) is 5.16. The zero-order chi connectivity index (χ0) is 12.6. The van der Waals surface area contributed by atoms with Crippen LogP contribution in [0.2, 0.25) is 0 Å². The number of aromatic nitrogens is 1. The van der Waals surface area contributed by atoms with Crippen LogP contribution in [0.15, 0.2) is 24.3 Å². The number of aromatic hydroxyl groups is 1. The van der Waals surface area contributed by atoms with Crippen LogP contribution in [0.1, 0.15) is 26.5 Å². The molecule has 1 aromatic carbocycles. The molecule has 0 unspecified atom stereocenters. The Kier molecular flexibility index (Phi) is 2.69. The predicted octanol–water partition coefficient (Wildman–Crippen LogP) is 3.25. The molecule has 0 amide bonds. The van der Waals surface area contributed by atoms with Crippen LogP contribution in [0.25, 0.3) is 10.9 Å². The van der Waals surface area contributed by atoms with Crippen molar-refractivity contribution in [2.45, 2.75) is 26.2 Å². The van der Waals surface area contributed by atoms with E-state index in [9.17, 15) is 5.11 Å². The summed E-state index contributed by atoms with van der Waals surface area (Å²) in [5, 5.41) is 10.9. The number of benzene rings is 1. The molecule has 0 radical (unpaired) electrons. The first-order valence-corrected chi connectivity index (χ1v) is 5.60. The lowest BCUT2D eigenvalue weighted by atomic mass is 9.90. The summed E-state index contributed by atoms with van der Waals surface area (Å²) in [6.07, 6.45) is 0. The van der Waals surface area contributed by atoms with Gasteiger partial charge in [0.1, 0.15) is 11.5 Å². The van der Waals surface area contributed by atoms with Gasteiger partial charge in [0.2, 0.25) is 0 Å². The molecule has 0 bridgehead atoms. The molecule has 17 heavy (non-hydrogen) atoms. The fourth-order valence-corrected chi connectivity index (χ4v) is 1.82. The summed E-state index contributed by atoms with van der Waals surface area (Å²) in [4.78, 5) is 4.52. The number of hydrogen-bond donors (Lipinski definition) is 1. The lowest BCUT2D eigenvalue weighted by Crippen LogP contribution is -2.13. The molecule has 0 aliphatic carbocycles. The van der Waals surface area contributed by atoms with Crippen LogP contribution >= 0.6 is 0 Å². The lowest BCUT2D eigenvalue weighted by molar-refractivity contribution is 0.415. The predicted molar refractivity (Wildman–Crippen MR) is 68.7 cm³/mol. The molecule has 2 aromatic rings. The third-order valence-corrected chi connectivity index (χ3v) is 2.71. The van der Waals surface area contributed by atoms with E-state index >= 15 is 0 Å². The standard InChI is InChI=1S/C14H17NO2/c1-14(2,3)13-12(16)8-9-7-10(17-4)5-6-11(9)15-13/h5-8,16H,1-4H3. The van der Waals surface area contributed by atoms with E-state index in [0.29, 0.717) is 0 Å². The first kappa shape index (κ1) is 11.7. The van der Waals surface area contributed by atoms with Gasteiger partial charge in [-0.15, -0.1) is 0 Å². The Morgan fingerprint density at radius 1 is 1.18 bits per heavy atom. The smallest absolute Gasteiger partial charge is 0.138 e.